The van der Waals surface area contributed by atoms with Gasteiger partial charge < -0.3 is 5.32 Å². The summed E-state index contributed by atoms with van der Waals surface area (Å²) in [5.41, 5.74) is 4.86. The van der Waals surface area contributed by atoms with Gasteiger partial charge in [-0.2, -0.15) is 5.10 Å². The van der Waals surface area contributed by atoms with E-state index in [4.69, 9.17) is 11.6 Å². The fourth-order valence-electron chi connectivity index (χ4n) is 2.70. The molecule has 22 heavy (non-hydrogen) atoms. The van der Waals surface area contributed by atoms with Gasteiger partial charge in [-0.05, 0) is 48.0 Å². The molecule has 1 N–H and O–H groups in total. The molecule has 2 heterocycles. The van der Waals surface area contributed by atoms with E-state index in [1.54, 1.807) is 6.20 Å². The van der Waals surface area contributed by atoms with Crippen molar-refractivity contribution >= 4 is 23.2 Å². The Kier molecular flexibility index (Phi) is 2.98. The quantitative estimate of drug-likeness (QED) is 0.785. The van der Waals surface area contributed by atoms with Crippen LogP contribution in [-0.2, 0) is 11.2 Å². The van der Waals surface area contributed by atoms with Crippen LogP contribution in [0.2, 0.25) is 5.02 Å². The molecule has 0 unspecified atom stereocenters. The van der Waals surface area contributed by atoms with Crippen molar-refractivity contribution in [2.45, 2.75) is 6.42 Å². The van der Waals surface area contributed by atoms with E-state index in [9.17, 15) is 4.79 Å². The van der Waals surface area contributed by atoms with E-state index in [0.29, 0.717) is 11.4 Å². The van der Waals surface area contributed by atoms with Crippen LogP contribution in [0.1, 0.15) is 5.56 Å². The van der Waals surface area contributed by atoms with Gasteiger partial charge in [-0.1, -0.05) is 17.7 Å². The van der Waals surface area contributed by atoms with Crippen LogP contribution >= 0.6 is 11.6 Å². The van der Waals surface area contributed by atoms with E-state index in [-0.39, 0.29) is 5.91 Å². The second-order valence-corrected chi connectivity index (χ2v) is 5.64. The van der Waals surface area contributed by atoms with Crippen molar-refractivity contribution in [3.8, 4) is 16.9 Å². The molecular formula is C17H12ClN3O. The number of fused-ring (bicyclic) bond motifs is 1. The summed E-state index contributed by atoms with van der Waals surface area (Å²) >= 11 is 5.94. The number of benzene rings is 2. The number of halogens is 1. The zero-order valence-electron chi connectivity index (χ0n) is 11.6. The summed E-state index contributed by atoms with van der Waals surface area (Å²) in [5.74, 6) is 0.0401. The molecule has 1 aromatic heterocycles. The molecule has 108 valence electrons. The van der Waals surface area contributed by atoms with E-state index in [1.807, 2.05) is 53.2 Å². The topological polar surface area (TPSA) is 46.9 Å². The van der Waals surface area contributed by atoms with Gasteiger partial charge in [-0.25, -0.2) is 4.68 Å². The number of nitrogens with zero attached hydrogens (tertiary/aromatic N) is 2. The SMILES string of the molecule is O=C1Cc2cc(-c3ccnn3-c3ccc(Cl)cc3)ccc2N1. The predicted molar refractivity (Wildman–Crippen MR) is 86.3 cm³/mol. The predicted octanol–water partition coefficient (Wildman–Crippen LogP) is 3.69. The maximum Gasteiger partial charge on any atom is 0.228 e. The molecule has 0 saturated heterocycles. The summed E-state index contributed by atoms with van der Waals surface area (Å²) in [4.78, 5) is 11.5. The third kappa shape index (κ3) is 2.18. The van der Waals surface area contributed by atoms with E-state index in [0.717, 1.165) is 28.2 Å². The lowest BCUT2D eigenvalue weighted by Crippen LogP contribution is -2.03. The minimum Gasteiger partial charge on any atom is -0.326 e. The van der Waals surface area contributed by atoms with Crippen molar-refractivity contribution in [2.75, 3.05) is 5.32 Å². The maximum atomic E-state index is 11.5. The highest BCUT2D eigenvalue weighted by Crippen LogP contribution is 2.30. The fraction of sp³-hybridized carbons (Fsp3) is 0.0588. The number of nitrogens with one attached hydrogen (secondary N) is 1. The lowest BCUT2D eigenvalue weighted by molar-refractivity contribution is -0.115. The first kappa shape index (κ1) is 13.1. The van der Waals surface area contributed by atoms with Crippen LogP contribution in [0, 0.1) is 0 Å². The van der Waals surface area contributed by atoms with E-state index < -0.39 is 0 Å². The third-order valence-electron chi connectivity index (χ3n) is 3.74. The molecular weight excluding hydrogens is 298 g/mol. The number of hydrogen-bond acceptors (Lipinski definition) is 2. The highest BCUT2D eigenvalue weighted by molar-refractivity contribution is 6.30. The van der Waals surface area contributed by atoms with Crippen LogP contribution in [0.25, 0.3) is 16.9 Å². The summed E-state index contributed by atoms with van der Waals surface area (Å²) in [5, 5.41) is 7.93. The van der Waals surface area contributed by atoms with Crippen molar-refractivity contribution in [3.63, 3.8) is 0 Å². The second-order valence-electron chi connectivity index (χ2n) is 5.20. The molecule has 0 atom stereocenters. The fourth-order valence-corrected chi connectivity index (χ4v) is 2.82. The van der Waals surface area contributed by atoms with Crippen LogP contribution in [0.3, 0.4) is 0 Å². The minimum atomic E-state index is 0.0401. The summed E-state index contributed by atoms with van der Waals surface area (Å²) in [7, 11) is 0. The first-order chi connectivity index (χ1) is 10.7. The molecule has 0 fully saturated rings. The highest BCUT2D eigenvalue weighted by atomic mass is 35.5. The van der Waals surface area contributed by atoms with Crippen LogP contribution in [-0.4, -0.2) is 15.7 Å². The monoisotopic (exact) mass is 309 g/mol. The van der Waals surface area contributed by atoms with Gasteiger partial charge in [0, 0.05) is 16.3 Å². The van der Waals surface area contributed by atoms with Gasteiger partial charge in [-0.15, -0.1) is 0 Å². The van der Waals surface area contributed by atoms with Crippen molar-refractivity contribution in [3.05, 3.63) is 65.3 Å². The number of rotatable bonds is 2. The molecule has 0 radical (unpaired) electrons. The molecule has 4 rings (SSSR count). The summed E-state index contributed by atoms with van der Waals surface area (Å²) in [6, 6.07) is 15.5. The molecule has 1 amide bonds. The molecule has 3 aromatic rings. The van der Waals surface area contributed by atoms with Gasteiger partial charge in [-0.3, -0.25) is 4.79 Å². The standard InChI is InChI=1S/C17H12ClN3O/c18-13-2-4-14(5-3-13)21-16(7-8-19-21)11-1-6-15-12(9-11)10-17(22)20-15/h1-9H,10H2,(H,20,22). The average Bonchev–Trinajstić information content (AvgIpc) is 3.12. The number of anilines is 1. The Morgan fingerprint density at radius 2 is 1.91 bits per heavy atom. The lowest BCUT2D eigenvalue weighted by Gasteiger charge is -2.09. The van der Waals surface area contributed by atoms with Crippen molar-refractivity contribution in [1.82, 2.24) is 9.78 Å². The molecule has 5 heteroatoms. The Morgan fingerprint density at radius 1 is 1.09 bits per heavy atom. The Morgan fingerprint density at radius 3 is 2.73 bits per heavy atom. The van der Waals surface area contributed by atoms with Crippen LogP contribution in [0.15, 0.2) is 54.7 Å². The van der Waals surface area contributed by atoms with Crippen molar-refractivity contribution in [2.24, 2.45) is 0 Å². The Balaban J connectivity index is 1.79. The van der Waals surface area contributed by atoms with Gasteiger partial charge >= 0.3 is 0 Å². The molecule has 1 aliphatic heterocycles. The molecule has 0 bridgehead atoms. The molecule has 2 aromatic carbocycles. The smallest absolute Gasteiger partial charge is 0.228 e. The molecule has 1 aliphatic rings. The molecule has 0 spiro atoms. The van der Waals surface area contributed by atoms with E-state index in [1.165, 1.54) is 0 Å². The molecule has 0 saturated carbocycles. The highest BCUT2D eigenvalue weighted by Gasteiger charge is 2.18. The second kappa shape index (κ2) is 5.00. The van der Waals surface area contributed by atoms with Crippen molar-refractivity contribution < 1.29 is 4.79 Å². The van der Waals surface area contributed by atoms with Gasteiger partial charge in [0.15, 0.2) is 0 Å². The largest absolute Gasteiger partial charge is 0.326 e. The first-order valence-electron chi connectivity index (χ1n) is 6.94. The van der Waals surface area contributed by atoms with Gasteiger partial charge in [0.2, 0.25) is 5.91 Å². The minimum absolute atomic E-state index is 0.0401. The normalized spacial score (nSPS) is 13.0. The third-order valence-corrected chi connectivity index (χ3v) is 3.99. The Hall–Kier alpha value is -2.59. The van der Waals surface area contributed by atoms with Gasteiger partial charge in [0.1, 0.15) is 0 Å². The average molecular weight is 310 g/mol. The lowest BCUT2D eigenvalue weighted by atomic mass is 10.1. The number of carbonyl (C=O) groups excluding carboxylic acids is 1. The van der Waals surface area contributed by atoms with E-state index in [2.05, 4.69) is 10.4 Å². The number of hydrogen-bond donors (Lipinski definition) is 1. The summed E-state index contributed by atoms with van der Waals surface area (Å²) in [6.07, 6.45) is 2.19. The molecule has 0 aliphatic carbocycles. The maximum absolute atomic E-state index is 11.5. The zero-order chi connectivity index (χ0) is 15.1. The first-order valence-corrected chi connectivity index (χ1v) is 7.31. The van der Waals surface area contributed by atoms with Crippen LogP contribution < -0.4 is 5.32 Å². The number of carbonyl (C=O) groups is 1. The molecule has 4 nitrogen and oxygen atoms in total. The van der Waals surface area contributed by atoms with Crippen molar-refractivity contribution in [1.29, 1.82) is 0 Å². The van der Waals surface area contributed by atoms with Gasteiger partial charge in [0.05, 0.1) is 24.0 Å². The number of aromatic nitrogens is 2. The zero-order valence-corrected chi connectivity index (χ0v) is 12.3. The Bertz CT molecular complexity index is 868. The van der Waals surface area contributed by atoms with Gasteiger partial charge in [0.25, 0.3) is 0 Å². The summed E-state index contributed by atoms with van der Waals surface area (Å²) in [6.45, 7) is 0. The summed E-state index contributed by atoms with van der Waals surface area (Å²) < 4.78 is 1.86. The van der Waals surface area contributed by atoms with E-state index >= 15 is 0 Å². The number of amides is 1. The Labute approximate surface area is 132 Å². The van der Waals surface area contributed by atoms with Crippen LogP contribution in [0.4, 0.5) is 5.69 Å². The van der Waals surface area contributed by atoms with Crippen LogP contribution in [0.5, 0.6) is 0 Å².